The summed E-state index contributed by atoms with van der Waals surface area (Å²) in [5, 5.41) is 288. The van der Waals surface area contributed by atoms with Crippen LogP contribution in [0.2, 0.25) is 0 Å². The van der Waals surface area contributed by atoms with E-state index in [1.807, 2.05) is 0 Å². The van der Waals surface area contributed by atoms with E-state index in [9.17, 15) is 142 Å². The molecule has 9 heterocycles. The van der Waals surface area contributed by atoms with Gasteiger partial charge in [-0.15, -0.1) is 0 Å². The molecule has 610 valence electrons. The maximum Gasteiger partial charge on any atom is 0.217 e. The first-order valence-corrected chi connectivity index (χ1v) is 33.5. The molecule has 9 fully saturated rings. The van der Waals surface area contributed by atoms with Crippen LogP contribution in [-0.2, 0) is 90.1 Å². The Morgan fingerprint density at radius 2 is 0.562 bits per heavy atom. The molecule has 0 radical (unpaired) electrons. The number of hydrogen-bond acceptors (Lipinski definition) is 45. The molecule has 28 N–H and O–H groups in total. The third-order valence-electron chi connectivity index (χ3n) is 19.5. The molecule has 2 amide bonds. The van der Waals surface area contributed by atoms with Crippen LogP contribution < -0.4 is 10.6 Å². The van der Waals surface area contributed by atoms with Crippen molar-refractivity contribution in [1.82, 2.24) is 10.6 Å². The quantitative estimate of drug-likeness (QED) is 0.0382. The largest absolute Gasteiger partial charge is 0.394 e. The fourth-order valence-electron chi connectivity index (χ4n) is 13.6. The van der Waals surface area contributed by atoms with Gasteiger partial charge in [0.1, 0.15) is 214 Å². The lowest BCUT2D eigenvalue weighted by Gasteiger charge is -2.50. The Hall–Kier alpha value is -2.78. The average Bonchev–Trinajstić information content (AvgIpc) is 0.764. The maximum absolute atomic E-state index is 12.7. The summed E-state index contributed by atoms with van der Waals surface area (Å²) in [6, 6.07) is -3.58. The van der Waals surface area contributed by atoms with E-state index in [4.69, 9.17) is 80.5 Å². The number of aliphatic hydroxyl groups excluding tert-OH is 26. The molecule has 47 heteroatoms. The second kappa shape index (κ2) is 37.2. The topological polar surface area (TPSA) is 741 Å². The van der Waals surface area contributed by atoms with E-state index < -0.39 is 341 Å². The number of hydrogen-bond donors (Lipinski definition) is 28. The van der Waals surface area contributed by atoms with Crippen molar-refractivity contribution in [3.8, 4) is 0 Å². The summed E-state index contributed by atoms with van der Waals surface area (Å²) in [6.45, 7) is -4.97. The number of aliphatic hydroxyl groups is 26. The van der Waals surface area contributed by atoms with E-state index >= 15 is 0 Å². The number of amides is 2. The molecule has 0 aromatic heterocycles. The van der Waals surface area contributed by atoms with Gasteiger partial charge in [0.25, 0.3) is 0 Å². The Labute approximate surface area is 593 Å². The number of rotatable bonds is 26. The van der Waals surface area contributed by atoms with Crippen LogP contribution in [0, 0.1) is 0 Å². The number of nitrogens with one attached hydrogen (secondary N) is 2. The number of carbonyl (C=O) groups excluding carboxylic acids is 2. The normalized spacial score (nSPS) is 51.5. The molecule has 47 nitrogen and oxygen atoms in total. The Morgan fingerprint density at radius 3 is 1.00 bits per heavy atom. The molecule has 105 heavy (non-hydrogen) atoms. The third-order valence-corrected chi connectivity index (χ3v) is 19.5. The highest BCUT2D eigenvalue weighted by molar-refractivity contribution is 5.73. The van der Waals surface area contributed by atoms with Crippen LogP contribution in [0.5, 0.6) is 0 Å². The summed E-state index contributed by atoms with van der Waals surface area (Å²) in [4.78, 5) is 25.3. The van der Waals surface area contributed by atoms with Crippen molar-refractivity contribution in [2.24, 2.45) is 0 Å². The predicted octanol–water partition coefficient (Wildman–Crippen LogP) is -19.3. The molecule has 0 aromatic carbocycles. The molecule has 0 aliphatic carbocycles. The SMILES string of the molecule is CC(=O)N[C@H]1[C@H](OC[C@H]2OC(O)[C@H](NC(C)=O)[C@@H](O[C@@H]3O[C@H](CO)[C@H](O[C@H]4O[C@H](CO)[C@H](O)[C@H](O[C@H]5O[C@H](CO)[C@H](O)[C@H](O)[C@H]5O[C@@H]5O[C@@H](C)[C@@H](O)[C@@H](O)[C@@H]5O)[C@H]4O)[C@H](O)[C@H]3O)[C@H]2O)O[C@H](CO)[C@@H](O[C@@H]2O[C@H](CO)[C@H](O[C@H]3O[C@H](CO)[C@H](O)[C@H](O[C@H]4O[C@H](CO)[C@H](O)[C@H](O)[C@H]4O)[C@H]3O)[C@H](O)[C@H]2O)[C@@H]1O. The first-order valence-electron chi connectivity index (χ1n) is 33.5. The van der Waals surface area contributed by atoms with Crippen LogP contribution in [0.4, 0.5) is 0 Å². The van der Waals surface area contributed by atoms with Crippen LogP contribution in [0.25, 0.3) is 0 Å². The summed E-state index contributed by atoms with van der Waals surface area (Å²) >= 11 is 0. The van der Waals surface area contributed by atoms with Crippen molar-refractivity contribution in [3.05, 3.63) is 0 Å². The van der Waals surface area contributed by atoms with Gasteiger partial charge in [-0.25, -0.2) is 0 Å². The Morgan fingerprint density at radius 1 is 0.267 bits per heavy atom. The standard InChI is InChI=1S/C58H98N2O45/c1-12-25(70)32(77)37(82)52(90-12)105-49-34(79)27(72)16(5-62)95-58(49)104-48-29(74)18(7-64)94-57(42(48)87)101-45-21(10-67)98-55(40(85)36(45)81)102-46-24(60-14(3)69)50(88)91-22(30(46)75)11-89-51-23(59-13(2)68)31(76)43(19(8-65)96-51)99-54-39(84)35(80)44(20(9-66)97-54)100-56-41(86)47(28(73)17(6-63)93-56)103-53-38(83)33(78)26(71)15(4-61)92-53/h12,15-58,61-67,70-88H,4-11H2,1-3H3,(H,59,68)(H,60,69)/t12-,15+,16+,17+,18+,19+,20+,21+,22+,23+,24+,25+,26-,27-,28-,29-,30-,31+,32+,33-,34-,35+,36+,37-,38+,39+,40+,41+,42+,43+,44-,45-,46+,47-,48-,49+,50?,51+,52-,53+,54-,55-,56+,57+,58+/m0/s1. The Kier molecular flexibility index (Phi) is 30.6. The van der Waals surface area contributed by atoms with Gasteiger partial charge in [-0.2, -0.15) is 0 Å². The summed E-state index contributed by atoms with van der Waals surface area (Å²) < 4.78 is 97.3. The highest BCUT2D eigenvalue weighted by atomic mass is 16.8. The summed E-state index contributed by atoms with van der Waals surface area (Å²) in [6.07, 6.45) is -84.7. The van der Waals surface area contributed by atoms with Gasteiger partial charge < -0.3 is 224 Å². The Bertz CT molecular complexity index is 2690. The van der Waals surface area contributed by atoms with Gasteiger partial charge in [0.15, 0.2) is 56.6 Å². The van der Waals surface area contributed by atoms with Crippen LogP contribution in [0.3, 0.4) is 0 Å². The molecule has 0 bridgehead atoms. The van der Waals surface area contributed by atoms with Crippen molar-refractivity contribution in [3.63, 3.8) is 0 Å². The van der Waals surface area contributed by atoms with Crippen LogP contribution in [0.1, 0.15) is 20.8 Å². The average molecular weight is 1540 g/mol. The molecular weight excluding hydrogens is 1440 g/mol. The zero-order valence-electron chi connectivity index (χ0n) is 56.0. The molecule has 9 aliphatic heterocycles. The maximum atomic E-state index is 12.7. The molecule has 9 rings (SSSR count). The van der Waals surface area contributed by atoms with Gasteiger partial charge in [0.2, 0.25) is 11.8 Å². The molecule has 1 unspecified atom stereocenters. The monoisotopic (exact) mass is 1540 g/mol. The van der Waals surface area contributed by atoms with E-state index in [0.29, 0.717) is 0 Å². The zero-order chi connectivity index (χ0) is 77.2. The van der Waals surface area contributed by atoms with E-state index in [2.05, 4.69) is 10.6 Å². The van der Waals surface area contributed by atoms with Gasteiger partial charge >= 0.3 is 0 Å². The zero-order valence-corrected chi connectivity index (χ0v) is 56.0. The summed E-state index contributed by atoms with van der Waals surface area (Å²) in [7, 11) is 0. The molecule has 9 aliphatic rings. The van der Waals surface area contributed by atoms with Crippen molar-refractivity contribution in [2.45, 2.75) is 297 Å². The summed E-state index contributed by atoms with van der Waals surface area (Å²) in [5.41, 5.74) is 0. The predicted molar refractivity (Wildman–Crippen MR) is 319 cm³/mol. The van der Waals surface area contributed by atoms with Gasteiger partial charge in [-0.1, -0.05) is 0 Å². The minimum absolute atomic E-state index is 0.876. The second-order valence-corrected chi connectivity index (χ2v) is 26.7. The van der Waals surface area contributed by atoms with Gasteiger partial charge in [0.05, 0.1) is 59.0 Å². The first kappa shape index (κ1) is 86.2. The van der Waals surface area contributed by atoms with Crippen LogP contribution in [0.15, 0.2) is 0 Å². The van der Waals surface area contributed by atoms with Crippen molar-refractivity contribution < 1.29 is 223 Å². The van der Waals surface area contributed by atoms with Crippen molar-refractivity contribution in [2.75, 3.05) is 52.9 Å². The lowest BCUT2D eigenvalue weighted by atomic mass is 9.94. The minimum Gasteiger partial charge on any atom is -0.394 e. The number of carbonyl (C=O) groups is 2. The molecular formula is C58H98N2O45. The highest BCUT2D eigenvalue weighted by Gasteiger charge is 2.60. The molecule has 45 atom stereocenters. The lowest BCUT2D eigenvalue weighted by molar-refractivity contribution is -0.397. The van der Waals surface area contributed by atoms with E-state index in [1.165, 1.54) is 6.92 Å². The van der Waals surface area contributed by atoms with E-state index in [-0.39, 0.29) is 0 Å². The van der Waals surface area contributed by atoms with E-state index in [0.717, 1.165) is 13.8 Å². The van der Waals surface area contributed by atoms with Gasteiger partial charge in [-0.05, 0) is 6.92 Å². The Balaban J connectivity index is 0.849. The molecule has 0 saturated carbocycles. The van der Waals surface area contributed by atoms with E-state index in [1.54, 1.807) is 0 Å². The van der Waals surface area contributed by atoms with Crippen LogP contribution in [-0.4, -0.2) is 474 Å². The van der Waals surface area contributed by atoms with Crippen molar-refractivity contribution in [1.29, 1.82) is 0 Å². The van der Waals surface area contributed by atoms with Gasteiger partial charge in [0, 0.05) is 13.8 Å². The lowest BCUT2D eigenvalue weighted by Crippen LogP contribution is -2.69. The highest BCUT2D eigenvalue weighted by Crippen LogP contribution is 2.39. The third kappa shape index (κ3) is 18.5. The fraction of sp³-hybridized carbons (Fsp3) is 0.966. The van der Waals surface area contributed by atoms with Crippen LogP contribution >= 0.6 is 0 Å². The molecule has 9 saturated heterocycles. The first-order chi connectivity index (χ1) is 49.7. The number of ether oxygens (including phenoxy) is 17. The molecule has 0 aromatic rings. The molecule has 0 spiro atoms. The van der Waals surface area contributed by atoms with Gasteiger partial charge in [-0.3, -0.25) is 9.59 Å². The second-order valence-electron chi connectivity index (χ2n) is 26.7. The smallest absolute Gasteiger partial charge is 0.217 e. The summed E-state index contributed by atoms with van der Waals surface area (Å²) in [5.74, 6) is -1.75. The fourth-order valence-corrected chi connectivity index (χ4v) is 13.6. The van der Waals surface area contributed by atoms with Crippen molar-refractivity contribution >= 4 is 11.8 Å². The minimum atomic E-state index is -2.34.